The molecule has 0 aromatic carbocycles. The smallest absolute Gasteiger partial charge is 0.367 e. The first-order valence-corrected chi connectivity index (χ1v) is 4.55. The van der Waals surface area contributed by atoms with Gasteiger partial charge in [-0.1, -0.05) is 0 Å². The van der Waals surface area contributed by atoms with E-state index in [0.717, 1.165) is 0 Å². The molecular formula is C4H12N4OP+. The minimum atomic E-state index is -1.45. The fourth-order valence-electron chi connectivity index (χ4n) is 0.382. The Balaban J connectivity index is 3.59. The van der Waals surface area contributed by atoms with E-state index in [1.165, 1.54) is 6.66 Å². The molecule has 0 heterocycles. The van der Waals surface area contributed by atoms with Crippen LogP contribution in [0.1, 0.15) is 0 Å². The summed E-state index contributed by atoms with van der Waals surface area (Å²) in [5.74, 6) is 0.189. The third kappa shape index (κ3) is 5.47. The standard InChI is InChI=1S/C4H12N4OP/c1-10(9)8-4(6)7-3-2-5/h2-3,5H2,1H3,(H3,6,7,8,9)/q+1. The number of hydrogen-bond donors (Lipinski definition) is 3. The minimum Gasteiger partial charge on any atom is -0.367 e. The minimum absolute atomic E-state index is 0.189. The van der Waals surface area contributed by atoms with E-state index in [-0.39, 0.29) is 5.96 Å². The van der Waals surface area contributed by atoms with Crippen molar-refractivity contribution in [2.75, 3.05) is 19.8 Å². The largest absolute Gasteiger partial charge is 0.459 e. The van der Waals surface area contributed by atoms with Crippen molar-refractivity contribution in [1.82, 2.24) is 5.09 Å². The molecule has 0 aromatic rings. The van der Waals surface area contributed by atoms with Crippen molar-refractivity contribution in [2.24, 2.45) is 16.5 Å². The normalized spacial score (nSPS) is 13.0. The van der Waals surface area contributed by atoms with Crippen LogP contribution in [0.5, 0.6) is 0 Å². The molecular weight excluding hydrogens is 151 g/mol. The average molecular weight is 163 g/mol. The highest BCUT2D eigenvalue weighted by atomic mass is 31.1. The van der Waals surface area contributed by atoms with Crippen LogP contribution in [0.25, 0.3) is 0 Å². The molecule has 0 aliphatic heterocycles. The van der Waals surface area contributed by atoms with Gasteiger partial charge in [-0.2, -0.15) is 0 Å². The molecule has 0 radical (unpaired) electrons. The first-order chi connectivity index (χ1) is 4.66. The van der Waals surface area contributed by atoms with Crippen molar-refractivity contribution >= 4 is 13.9 Å². The highest BCUT2D eigenvalue weighted by Crippen LogP contribution is 2.02. The monoisotopic (exact) mass is 163 g/mol. The maximum atomic E-state index is 10.5. The van der Waals surface area contributed by atoms with Crippen LogP contribution in [0, 0.1) is 0 Å². The van der Waals surface area contributed by atoms with E-state index < -0.39 is 7.95 Å². The van der Waals surface area contributed by atoms with Gasteiger partial charge in [0, 0.05) is 6.54 Å². The maximum absolute atomic E-state index is 10.5. The molecule has 58 valence electrons. The van der Waals surface area contributed by atoms with Crippen LogP contribution < -0.4 is 16.6 Å². The third-order valence-corrected chi connectivity index (χ3v) is 1.23. The molecule has 5 nitrogen and oxygen atoms in total. The lowest BCUT2D eigenvalue weighted by molar-refractivity contribution is 0.589. The lowest BCUT2D eigenvalue weighted by Gasteiger charge is -1.91. The summed E-state index contributed by atoms with van der Waals surface area (Å²) in [6, 6.07) is 0. The van der Waals surface area contributed by atoms with Crippen LogP contribution in [0.4, 0.5) is 0 Å². The number of nitrogens with one attached hydrogen (secondary N) is 1. The summed E-state index contributed by atoms with van der Waals surface area (Å²) in [5.41, 5.74) is 10.4. The fourth-order valence-corrected chi connectivity index (χ4v) is 0.775. The van der Waals surface area contributed by atoms with E-state index in [0.29, 0.717) is 13.1 Å². The molecule has 0 saturated heterocycles. The second kappa shape index (κ2) is 5.14. The van der Waals surface area contributed by atoms with Gasteiger partial charge in [0.05, 0.1) is 6.54 Å². The van der Waals surface area contributed by atoms with Gasteiger partial charge in [0.2, 0.25) is 5.96 Å². The van der Waals surface area contributed by atoms with Gasteiger partial charge in [-0.15, -0.1) is 5.09 Å². The lowest BCUT2D eigenvalue weighted by Crippen LogP contribution is -2.26. The molecule has 0 rings (SSSR count). The van der Waals surface area contributed by atoms with Gasteiger partial charge < -0.3 is 11.5 Å². The van der Waals surface area contributed by atoms with E-state index in [1.54, 1.807) is 0 Å². The third-order valence-electron chi connectivity index (χ3n) is 0.683. The van der Waals surface area contributed by atoms with Crippen LogP contribution >= 0.6 is 7.95 Å². The Bertz CT molecular complexity index is 146. The van der Waals surface area contributed by atoms with Gasteiger partial charge in [-0.25, -0.2) is 4.99 Å². The molecule has 0 fully saturated rings. The topological polar surface area (TPSA) is 93.5 Å². The molecule has 0 amide bonds. The zero-order valence-electron chi connectivity index (χ0n) is 5.87. The van der Waals surface area contributed by atoms with E-state index in [1.807, 2.05) is 0 Å². The summed E-state index contributed by atoms with van der Waals surface area (Å²) in [4.78, 5) is 3.76. The molecule has 0 spiro atoms. The van der Waals surface area contributed by atoms with Crippen LogP contribution in [0.3, 0.4) is 0 Å². The maximum Gasteiger partial charge on any atom is 0.459 e. The number of rotatable bonds is 3. The predicted octanol–water partition coefficient (Wildman–Crippen LogP) is -0.778. The Morgan fingerprint density at radius 2 is 2.40 bits per heavy atom. The summed E-state index contributed by atoms with van der Waals surface area (Å²) in [6.07, 6.45) is 0. The van der Waals surface area contributed by atoms with E-state index >= 15 is 0 Å². The van der Waals surface area contributed by atoms with Crippen molar-refractivity contribution in [1.29, 1.82) is 0 Å². The Kier molecular flexibility index (Phi) is 4.80. The molecule has 10 heavy (non-hydrogen) atoms. The number of hydrogen-bond acceptors (Lipinski definition) is 3. The SMILES string of the molecule is C[P+](=O)NC(N)=NCCN. The highest BCUT2D eigenvalue weighted by molar-refractivity contribution is 7.42. The van der Waals surface area contributed by atoms with Crippen LogP contribution in [-0.4, -0.2) is 25.7 Å². The van der Waals surface area contributed by atoms with Crippen LogP contribution in [0.2, 0.25) is 0 Å². The lowest BCUT2D eigenvalue weighted by atomic mass is 10.7. The van der Waals surface area contributed by atoms with E-state index in [4.69, 9.17) is 11.5 Å². The number of nitrogens with zero attached hydrogens (tertiary/aromatic N) is 1. The number of guanidine groups is 1. The van der Waals surface area contributed by atoms with Crippen molar-refractivity contribution < 1.29 is 4.57 Å². The average Bonchev–Trinajstić information content (AvgIpc) is 1.82. The summed E-state index contributed by atoms with van der Waals surface area (Å²) >= 11 is 0. The first kappa shape index (κ1) is 9.33. The van der Waals surface area contributed by atoms with Crippen molar-refractivity contribution in [2.45, 2.75) is 0 Å². The van der Waals surface area contributed by atoms with Crippen molar-refractivity contribution in [3.05, 3.63) is 0 Å². The first-order valence-electron chi connectivity index (χ1n) is 2.84. The molecule has 1 atom stereocenters. The zero-order valence-corrected chi connectivity index (χ0v) is 6.77. The molecule has 0 saturated carbocycles. The second-order valence-electron chi connectivity index (χ2n) is 1.66. The molecule has 0 bridgehead atoms. The quantitative estimate of drug-likeness (QED) is 0.289. The highest BCUT2D eigenvalue weighted by Gasteiger charge is 2.04. The van der Waals surface area contributed by atoms with Gasteiger partial charge in [0.1, 0.15) is 0 Å². The predicted molar refractivity (Wildman–Crippen MR) is 42.2 cm³/mol. The van der Waals surface area contributed by atoms with Gasteiger partial charge in [0.25, 0.3) is 0 Å². The molecule has 0 aromatic heterocycles. The molecule has 5 N–H and O–H groups in total. The summed E-state index contributed by atoms with van der Waals surface area (Å²) in [7, 11) is -1.45. The second-order valence-corrected chi connectivity index (χ2v) is 2.88. The van der Waals surface area contributed by atoms with Crippen molar-refractivity contribution in [3.63, 3.8) is 0 Å². The molecule has 6 heteroatoms. The van der Waals surface area contributed by atoms with Gasteiger partial charge in [0.15, 0.2) is 6.66 Å². The fraction of sp³-hybridized carbons (Fsp3) is 0.750. The number of aliphatic imine (C=N–C) groups is 1. The van der Waals surface area contributed by atoms with E-state index in [9.17, 15) is 4.57 Å². The Morgan fingerprint density at radius 3 is 2.80 bits per heavy atom. The summed E-state index contributed by atoms with van der Waals surface area (Å²) in [5, 5.41) is 2.46. The number of nitrogens with two attached hydrogens (primary N) is 2. The summed E-state index contributed by atoms with van der Waals surface area (Å²) < 4.78 is 10.5. The molecule has 1 unspecified atom stereocenters. The van der Waals surface area contributed by atoms with Crippen LogP contribution in [0.15, 0.2) is 4.99 Å². The van der Waals surface area contributed by atoms with E-state index in [2.05, 4.69) is 10.1 Å². The zero-order chi connectivity index (χ0) is 7.98. The Hall–Kier alpha value is -0.670. The Labute approximate surface area is 60.7 Å². The van der Waals surface area contributed by atoms with Crippen LogP contribution in [-0.2, 0) is 4.57 Å². The Morgan fingerprint density at radius 1 is 1.80 bits per heavy atom. The van der Waals surface area contributed by atoms with Gasteiger partial charge in [-0.05, 0) is 4.57 Å². The van der Waals surface area contributed by atoms with Gasteiger partial charge >= 0.3 is 7.95 Å². The van der Waals surface area contributed by atoms with Crippen molar-refractivity contribution in [3.8, 4) is 0 Å². The molecule has 0 aliphatic rings. The van der Waals surface area contributed by atoms with Gasteiger partial charge in [-0.3, -0.25) is 0 Å². The summed E-state index contributed by atoms with van der Waals surface area (Å²) in [6.45, 7) is 2.42. The molecule has 0 aliphatic carbocycles.